The number of sulfonamides is 1. The third kappa shape index (κ3) is 4.46. The molecular weight excluding hydrogens is 348 g/mol. The fourth-order valence-corrected chi connectivity index (χ4v) is 5.92. The molecule has 1 saturated carbocycles. The smallest absolute Gasteiger partial charge is 0.251 e. The van der Waals surface area contributed by atoms with Gasteiger partial charge in [0, 0.05) is 24.7 Å². The van der Waals surface area contributed by atoms with Crippen LogP contribution in [-0.4, -0.2) is 37.8 Å². The van der Waals surface area contributed by atoms with Crippen LogP contribution in [0.1, 0.15) is 62.7 Å². The highest BCUT2D eigenvalue weighted by Gasteiger charge is 2.31. The molecule has 2 atom stereocenters. The van der Waals surface area contributed by atoms with Gasteiger partial charge >= 0.3 is 0 Å². The van der Waals surface area contributed by atoms with E-state index in [0.717, 1.165) is 32.1 Å². The van der Waals surface area contributed by atoms with Gasteiger partial charge in [0.25, 0.3) is 5.91 Å². The van der Waals surface area contributed by atoms with Gasteiger partial charge in [0.05, 0.1) is 4.90 Å². The molecular formula is C20H30N2O3S. The highest BCUT2D eigenvalue weighted by Crippen LogP contribution is 2.27. The van der Waals surface area contributed by atoms with Gasteiger partial charge in [0.15, 0.2) is 0 Å². The molecule has 144 valence electrons. The van der Waals surface area contributed by atoms with Gasteiger partial charge in [0.2, 0.25) is 10.0 Å². The number of hydrogen-bond acceptors (Lipinski definition) is 3. The molecule has 0 aromatic heterocycles. The first kappa shape index (κ1) is 19.4. The van der Waals surface area contributed by atoms with Gasteiger partial charge in [-0.15, -0.1) is 0 Å². The van der Waals surface area contributed by atoms with Crippen molar-refractivity contribution < 1.29 is 13.2 Å². The third-order valence-corrected chi connectivity index (χ3v) is 7.38. The van der Waals surface area contributed by atoms with Crippen LogP contribution in [0, 0.1) is 11.8 Å². The standard InChI is InChI=1S/C20H30N2O3S/c1-15-12-16(2)14-22(13-15)26(24,25)19-10-8-17(9-11-19)20(23)21-18-6-4-3-5-7-18/h8-11,15-16,18H,3-7,12-14H2,1-2H3,(H,21,23)/t15-,16+. The summed E-state index contributed by atoms with van der Waals surface area (Å²) in [7, 11) is -3.50. The van der Waals surface area contributed by atoms with Gasteiger partial charge in [-0.2, -0.15) is 4.31 Å². The number of hydrogen-bond donors (Lipinski definition) is 1. The average molecular weight is 379 g/mol. The number of piperidine rings is 1. The summed E-state index contributed by atoms with van der Waals surface area (Å²) in [6.07, 6.45) is 6.69. The summed E-state index contributed by atoms with van der Waals surface area (Å²) in [4.78, 5) is 12.7. The molecule has 0 spiro atoms. The number of benzene rings is 1. The molecule has 0 bridgehead atoms. The van der Waals surface area contributed by atoms with E-state index in [1.54, 1.807) is 28.6 Å². The number of carbonyl (C=O) groups excluding carboxylic acids is 1. The Labute approximate surface area is 157 Å². The molecule has 1 N–H and O–H groups in total. The molecule has 26 heavy (non-hydrogen) atoms. The summed E-state index contributed by atoms with van der Waals surface area (Å²) >= 11 is 0. The van der Waals surface area contributed by atoms with Crippen molar-refractivity contribution in [2.24, 2.45) is 11.8 Å². The second-order valence-corrected chi connectivity index (χ2v) is 10.0. The van der Waals surface area contributed by atoms with Crippen molar-refractivity contribution in [3.63, 3.8) is 0 Å². The van der Waals surface area contributed by atoms with E-state index in [0.29, 0.717) is 30.5 Å². The van der Waals surface area contributed by atoms with E-state index < -0.39 is 10.0 Å². The van der Waals surface area contributed by atoms with Crippen LogP contribution < -0.4 is 5.32 Å². The first-order chi connectivity index (χ1) is 12.4. The monoisotopic (exact) mass is 378 g/mol. The Morgan fingerprint density at radius 3 is 2.15 bits per heavy atom. The van der Waals surface area contributed by atoms with Crippen molar-refractivity contribution in [2.45, 2.75) is 63.3 Å². The minimum Gasteiger partial charge on any atom is -0.349 e. The van der Waals surface area contributed by atoms with Crippen molar-refractivity contribution in [1.82, 2.24) is 9.62 Å². The van der Waals surface area contributed by atoms with Gasteiger partial charge in [-0.05, 0) is 55.4 Å². The van der Waals surface area contributed by atoms with Crippen LogP contribution in [0.5, 0.6) is 0 Å². The molecule has 1 amide bonds. The normalized spacial score (nSPS) is 25.8. The highest BCUT2D eigenvalue weighted by molar-refractivity contribution is 7.89. The lowest BCUT2D eigenvalue weighted by Crippen LogP contribution is -2.42. The maximum atomic E-state index is 12.9. The van der Waals surface area contributed by atoms with Crippen LogP contribution in [-0.2, 0) is 10.0 Å². The number of rotatable bonds is 4. The number of nitrogens with one attached hydrogen (secondary N) is 1. The van der Waals surface area contributed by atoms with E-state index in [9.17, 15) is 13.2 Å². The minimum absolute atomic E-state index is 0.110. The number of carbonyl (C=O) groups is 1. The second-order valence-electron chi connectivity index (χ2n) is 8.10. The summed E-state index contributed by atoms with van der Waals surface area (Å²) < 4.78 is 27.4. The van der Waals surface area contributed by atoms with Crippen LogP contribution in [0.25, 0.3) is 0 Å². The van der Waals surface area contributed by atoms with Crippen LogP contribution in [0.2, 0.25) is 0 Å². The quantitative estimate of drug-likeness (QED) is 0.873. The zero-order valence-electron chi connectivity index (χ0n) is 15.8. The lowest BCUT2D eigenvalue weighted by molar-refractivity contribution is 0.0927. The fourth-order valence-electron chi connectivity index (χ4n) is 4.25. The Balaban J connectivity index is 1.69. The van der Waals surface area contributed by atoms with Crippen molar-refractivity contribution in [2.75, 3.05) is 13.1 Å². The first-order valence-corrected chi connectivity index (χ1v) is 11.2. The summed E-state index contributed by atoms with van der Waals surface area (Å²) in [5.74, 6) is 0.629. The molecule has 3 rings (SSSR count). The van der Waals surface area contributed by atoms with Crippen LogP contribution in [0.4, 0.5) is 0 Å². The van der Waals surface area contributed by atoms with Gasteiger partial charge < -0.3 is 5.32 Å². The molecule has 0 radical (unpaired) electrons. The predicted octanol–water partition coefficient (Wildman–Crippen LogP) is 3.42. The average Bonchev–Trinajstić information content (AvgIpc) is 2.62. The van der Waals surface area contributed by atoms with Gasteiger partial charge in [-0.1, -0.05) is 33.1 Å². The van der Waals surface area contributed by atoms with Gasteiger partial charge in [-0.25, -0.2) is 8.42 Å². The predicted molar refractivity (Wildman–Crippen MR) is 102 cm³/mol. The van der Waals surface area contributed by atoms with E-state index in [-0.39, 0.29) is 16.8 Å². The zero-order chi connectivity index (χ0) is 18.7. The van der Waals surface area contributed by atoms with Crippen molar-refractivity contribution in [3.8, 4) is 0 Å². The molecule has 2 fully saturated rings. The second kappa shape index (κ2) is 8.09. The van der Waals surface area contributed by atoms with Gasteiger partial charge in [0.1, 0.15) is 0 Å². The third-order valence-electron chi connectivity index (χ3n) is 5.53. The summed E-state index contributed by atoms with van der Waals surface area (Å²) in [6, 6.07) is 6.63. The van der Waals surface area contributed by atoms with Crippen LogP contribution in [0.3, 0.4) is 0 Å². The number of amides is 1. The van der Waals surface area contributed by atoms with Crippen LogP contribution >= 0.6 is 0 Å². The number of nitrogens with zero attached hydrogens (tertiary/aromatic N) is 1. The fraction of sp³-hybridized carbons (Fsp3) is 0.650. The van der Waals surface area contributed by atoms with Crippen LogP contribution in [0.15, 0.2) is 29.2 Å². The Morgan fingerprint density at radius 2 is 1.58 bits per heavy atom. The van der Waals surface area contributed by atoms with Gasteiger partial charge in [-0.3, -0.25) is 4.79 Å². The van der Waals surface area contributed by atoms with E-state index >= 15 is 0 Å². The molecule has 1 heterocycles. The Kier molecular flexibility index (Phi) is 6.03. The zero-order valence-corrected chi connectivity index (χ0v) is 16.6. The molecule has 2 aliphatic rings. The molecule has 1 aromatic carbocycles. The molecule has 5 nitrogen and oxygen atoms in total. The summed E-state index contributed by atoms with van der Waals surface area (Å²) in [5.41, 5.74) is 0.523. The maximum Gasteiger partial charge on any atom is 0.251 e. The maximum absolute atomic E-state index is 12.9. The van der Waals surface area contributed by atoms with Crippen molar-refractivity contribution in [3.05, 3.63) is 29.8 Å². The van der Waals surface area contributed by atoms with Crippen molar-refractivity contribution in [1.29, 1.82) is 0 Å². The lowest BCUT2D eigenvalue weighted by atomic mass is 9.94. The SMILES string of the molecule is C[C@@H]1C[C@H](C)CN(S(=O)(=O)c2ccc(C(=O)NC3CCCCC3)cc2)C1. The van der Waals surface area contributed by atoms with E-state index in [1.165, 1.54) is 6.42 Å². The Hall–Kier alpha value is -1.40. The first-order valence-electron chi connectivity index (χ1n) is 9.77. The van der Waals surface area contributed by atoms with E-state index in [4.69, 9.17) is 0 Å². The minimum atomic E-state index is -3.50. The molecule has 0 unspecified atom stereocenters. The topological polar surface area (TPSA) is 66.5 Å². The Morgan fingerprint density at radius 1 is 1.00 bits per heavy atom. The summed E-state index contributed by atoms with van der Waals surface area (Å²) in [5, 5.41) is 3.07. The molecule has 1 aromatic rings. The molecule has 6 heteroatoms. The van der Waals surface area contributed by atoms with Crippen molar-refractivity contribution >= 4 is 15.9 Å². The van der Waals surface area contributed by atoms with E-state index in [2.05, 4.69) is 19.2 Å². The van der Waals surface area contributed by atoms with E-state index in [1.807, 2.05) is 0 Å². The summed E-state index contributed by atoms with van der Waals surface area (Å²) in [6.45, 7) is 5.32. The largest absolute Gasteiger partial charge is 0.349 e. The molecule has 1 aliphatic heterocycles. The Bertz CT molecular complexity index is 714. The highest BCUT2D eigenvalue weighted by atomic mass is 32.2. The molecule has 1 aliphatic carbocycles. The molecule has 1 saturated heterocycles. The lowest BCUT2D eigenvalue weighted by Gasteiger charge is -2.34.